The van der Waals surface area contributed by atoms with Crippen molar-refractivity contribution in [2.75, 3.05) is 19.8 Å². The van der Waals surface area contributed by atoms with Crippen LogP contribution < -0.4 is 10.1 Å². The Morgan fingerprint density at radius 2 is 2.48 bits per heavy atom. The molecule has 23 heavy (non-hydrogen) atoms. The van der Waals surface area contributed by atoms with Gasteiger partial charge in [-0.2, -0.15) is 0 Å². The number of nitrogens with one attached hydrogen (secondary N) is 1. The zero-order chi connectivity index (χ0) is 16.1. The van der Waals surface area contributed by atoms with Gasteiger partial charge in [0.2, 0.25) is 5.88 Å². The third-order valence-electron chi connectivity index (χ3n) is 3.47. The molecule has 1 aliphatic heterocycles. The van der Waals surface area contributed by atoms with E-state index in [-0.39, 0.29) is 12.0 Å². The summed E-state index contributed by atoms with van der Waals surface area (Å²) < 4.78 is 10.9. The van der Waals surface area contributed by atoms with Gasteiger partial charge in [0.25, 0.3) is 5.91 Å². The predicted molar refractivity (Wildman–Crippen MR) is 89.5 cm³/mol. The number of rotatable bonds is 6. The smallest absolute Gasteiger partial charge is 0.252 e. The maximum Gasteiger partial charge on any atom is 0.252 e. The Morgan fingerprint density at radius 3 is 3.17 bits per heavy atom. The van der Waals surface area contributed by atoms with Crippen molar-refractivity contribution < 1.29 is 14.3 Å². The maximum absolute atomic E-state index is 12.1. The highest BCUT2D eigenvalue weighted by Crippen LogP contribution is 2.25. The first-order valence-corrected chi connectivity index (χ1v) is 8.68. The van der Waals surface area contributed by atoms with Gasteiger partial charge in [-0.1, -0.05) is 17.7 Å². The Hall–Kier alpha value is -1.63. The number of carbonyl (C=O) groups is 1. The van der Waals surface area contributed by atoms with Crippen molar-refractivity contribution in [2.45, 2.75) is 18.9 Å². The maximum atomic E-state index is 12.1. The van der Waals surface area contributed by atoms with Crippen LogP contribution in [0.3, 0.4) is 0 Å². The van der Waals surface area contributed by atoms with Gasteiger partial charge in [0.15, 0.2) is 0 Å². The Kier molecular flexibility index (Phi) is 5.48. The molecular weight excluding hydrogens is 336 g/mol. The molecule has 1 unspecified atom stereocenters. The largest absolute Gasteiger partial charge is 0.471 e. The number of hydrogen-bond acceptors (Lipinski definition) is 5. The van der Waals surface area contributed by atoms with Crippen molar-refractivity contribution in [1.29, 1.82) is 0 Å². The highest BCUT2D eigenvalue weighted by Gasteiger charge is 2.19. The molecule has 0 aliphatic carbocycles. The Bertz CT molecular complexity index is 657. The number of pyridine rings is 1. The van der Waals surface area contributed by atoms with E-state index in [1.165, 1.54) is 11.1 Å². The van der Waals surface area contributed by atoms with Gasteiger partial charge < -0.3 is 14.8 Å². The predicted octanol–water partition coefficient (Wildman–Crippen LogP) is 2.94. The van der Waals surface area contributed by atoms with E-state index >= 15 is 0 Å². The number of hydrogen-bond donors (Lipinski definition) is 1. The molecule has 2 aromatic heterocycles. The monoisotopic (exact) mass is 352 g/mol. The molecule has 1 aliphatic rings. The number of ether oxygens (including phenoxy) is 2. The molecule has 1 saturated heterocycles. The summed E-state index contributed by atoms with van der Waals surface area (Å²) >= 11 is 7.84. The average molecular weight is 353 g/mol. The summed E-state index contributed by atoms with van der Waals surface area (Å²) in [4.78, 5) is 17.5. The van der Waals surface area contributed by atoms with Crippen LogP contribution in [0.4, 0.5) is 0 Å². The third-order valence-corrected chi connectivity index (χ3v) is 4.68. The molecule has 2 aromatic rings. The molecule has 1 N–H and O–H groups in total. The van der Waals surface area contributed by atoms with Gasteiger partial charge >= 0.3 is 0 Å². The summed E-state index contributed by atoms with van der Waals surface area (Å²) in [5.41, 5.74) is 0.427. The molecule has 0 spiro atoms. The topological polar surface area (TPSA) is 60.5 Å². The highest BCUT2D eigenvalue weighted by molar-refractivity contribution is 7.09. The first-order chi connectivity index (χ1) is 11.2. The number of nitrogens with zero attached hydrogens (tertiary/aromatic N) is 1. The van der Waals surface area contributed by atoms with Crippen molar-refractivity contribution in [3.05, 3.63) is 45.2 Å². The van der Waals surface area contributed by atoms with Gasteiger partial charge in [0.1, 0.15) is 11.1 Å². The molecular formula is C16H17ClN2O3S. The standard InChI is InChI=1S/C16H17ClN2O3S/c17-14-8-11(9-19-16(14)22-12-4-6-21-10-12)15(20)18-5-3-13-2-1-7-23-13/h1-2,7-9,12H,3-6,10H2,(H,18,20). The number of amides is 1. The minimum Gasteiger partial charge on any atom is -0.471 e. The van der Waals surface area contributed by atoms with E-state index in [0.29, 0.717) is 36.2 Å². The Morgan fingerprint density at radius 1 is 1.57 bits per heavy atom. The number of thiophene rings is 1. The molecule has 0 bridgehead atoms. The number of carbonyl (C=O) groups excluding carboxylic acids is 1. The molecule has 5 nitrogen and oxygen atoms in total. The van der Waals surface area contributed by atoms with Gasteiger partial charge in [0, 0.05) is 24.0 Å². The van der Waals surface area contributed by atoms with Crippen molar-refractivity contribution in [1.82, 2.24) is 10.3 Å². The summed E-state index contributed by atoms with van der Waals surface area (Å²) in [6.45, 7) is 1.81. The van der Waals surface area contributed by atoms with E-state index in [4.69, 9.17) is 21.1 Å². The summed E-state index contributed by atoms with van der Waals surface area (Å²) in [6, 6.07) is 5.63. The number of aromatic nitrogens is 1. The van der Waals surface area contributed by atoms with Gasteiger partial charge in [-0.25, -0.2) is 4.98 Å². The Balaban J connectivity index is 1.54. The van der Waals surface area contributed by atoms with Crippen LogP contribution in [-0.4, -0.2) is 36.8 Å². The second kappa shape index (κ2) is 7.77. The van der Waals surface area contributed by atoms with Crippen LogP contribution in [0, 0.1) is 0 Å². The van der Waals surface area contributed by atoms with Crippen molar-refractivity contribution >= 4 is 28.8 Å². The van der Waals surface area contributed by atoms with Crippen molar-refractivity contribution in [3.63, 3.8) is 0 Å². The van der Waals surface area contributed by atoms with E-state index < -0.39 is 0 Å². The lowest BCUT2D eigenvalue weighted by atomic mass is 10.2. The first kappa shape index (κ1) is 16.2. The van der Waals surface area contributed by atoms with Gasteiger partial charge in [-0.3, -0.25) is 4.79 Å². The summed E-state index contributed by atoms with van der Waals surface area (Å²) in [5.74, 6) is 0.156. The lowest BCUT2D eigenvalue weighted by Gasteiger charge is -2.12. The minimum absolute atomic E-state index is 0.0227. The lowest BCUT2D eigenvalue weighted by molar-refractivity contribution is 0.0953. The van der Waals surface area contributed by atoms with Crippen LogP contribution >= 0.6 is 22.9 Å². The fraction of sp³-hybridized carbons (Fsp3) is 0.375. The van der Waals surface area contributed by atoms with E-state index in [1.807, 2.05) is 17.5 Å². The fourth-order valence-corrected chi connectivity index (χ4v) is 3.18. The second-order valence-electron chi connectivity index (χ2n) is 5.20. The molecule has 0 aromatic carbocycles. The first-order valence-electron chi connectivity index (χ1n) is 7.43. The van der Waals surface area contributed by atoms with Crippen LogP contribution in [0.15, 0.2) is 29.8 Å². The van der Waals surface area contributed by atoms with Crippen LogP contribution in [0.2, 0.25) is 5.02 Å². The molecule has 0 radical (unpaired) electrons. The minimum atomic E-state index is -0.188. The zero-order valence-corrected chi connectivity index (χ0v) is 14.0. The van der Waals surface area contributed by atoms with E-state index in [0.717, 1.165) is 12.8 Å². The Labute approximate surface area is 143 Å². The highest BCUT2D eigenvalue weighted by atomic mass is 35.5. The van der Waals surface area contributed by atoms with Crippen LogP contribution in [0.25, 0.3) is 0 Å². The van der Waals surface area contributed by atoms with E-state index in [9.17, 15) is 4.79 Å². The van der Waals surface area contributed by atoms with Crippen molar-refractivity contribution in [2.24, 2.45) is 0 Å². The second-order valence-corrected chi connectivity index (χ2v) is 6.64. The normalized spacial score (nSPS) is 17.2. The van der Waals surface area contributed by atoms with Crippen LogP contribution in [0.1, 0.15) is 21.7 Å². The van der Waals surface area contributed by atoms with Crippen molar-refractivity contribution in [3.8, 4) is 5.88 Å². The van der Waals surface area contributed by atoms with Gasteiger partial charge in [0.05, 0.1) is 18.8 Å². The molecule has 7 heteroatoms. The van der Waals surface area contributed by atoms with Crippen LogP contribution in [0.5, 0.6) is 5.88 Å². The molecule has 0 saturated carbocycles. The van der Waals surface area contributed by atoms with E-state index in [2.05, 4.69) is 10.3 Å². The van der Waals surface area contributed by atoms with Crippen LogP contribution in [-0.2, 0) is 11.2 Å². The average Bonchev–Trinajstić information content (AvgIpc) is 3.22. The molecule has 122 valence electrons. The quantitative estimate of drug-likeness (QED) is 0.868. The third kappa shape index (κ3) is 4.43. The number of halogens is 1. The fourth-order valence-electron chi connectivity index (χ4n) is 2.26. The summed E-state index contributed by atoms with van der Waals surface area (Å²) in [7, 11) is 0. The zero-order valence-electron chi connectivity index (χ0n) is 12.5. The molecule has 1 atom stereocenters. The summed E-state index contributed by atoms with van der Waals surface area (Å²) in [6.07, 6.45) is 3.10. The molecule has 3 rings (SSSR count). The molecule has 3 heterocycles. The SMILES string of the molecule is O=C(NCCc1cccs1)c1cnc(OC2CCOC2)c(Cl)c1. The molecule has 1 fully saturated rings. The van der Waals surface area contributed by atoms with Gasteiger partial charge in [-0.15, -0.1) is 11.3 Å². The molecule has 1 amide bonds. The van der Waals surface area contributed by atoms with E-state index in [1.54, 1.807) is 17.4 Å². The van der Waals surface area contributed by atoms with Gasteiger partial charge in [-0.05, 0) is 23.9 Å². The summed E-state index contributed by atoms with van der Waals surface area (Å²) in [5, 5.41) is 5.22. The lowest BCUT2D eigenvalue weighted by Crippen LogP contribution is -2.25.